The van der Waals surface area contributed by atoms with Gasteiger partial charge < -0.3 is 14.2 Å². The summed E-state index contributed by atoms with van der Waals surface area (Å²) in [5.74, 6) is 0.466. The zero-order chi connectivity index (χ0) is 15.5. The number of likely N-dealkylation sites (tertiary alicyclic amines) is 1. The van der Waals surface area contributed by atoms with Crippen LogP contribution in [-0.2, 0) is 11.3 Å². The first kappa shape index (κ1) is 15.9. The van der Waals surface area contributed by atoms with Crippen molar-refractivity contribution in [1.29, 1.82) is 0 Å². The Kier molecular flexibility index (Phi) is 4.91. The molecule has 0 spiro atoms. The summed E-state index contributed by atoms with van der Waals surface area (Å²) in [6.07, 6.45) is 6.94. The maximum absolute atomic E-state index is 12.3. The Hall–Kier alpha value is -1.52. The third-order valence-electron chi connectivity index (χ3n) is 3.80. The summed E-state index contributed by atoms with van der Waals surface area (Å²) >= 11 is 0. The number of imidazole rings is 1. The molecule has 1 atom stereocenters. The average molecular weight is 293 g/mol. The standard InChI is InChI=1S/C16H27N3O2/c1-13-9-17-12-19(13)11-14-7-5-6-8-18(10-14)15(20)21-16(2,3)4/h9,12,14H,5-8,10-11H2,1-4H3. The van der Waals surface area contributed by atoms with Gasteiger partial charge in [-0.2, -0.15) is 0 Å². The second-order valence-electron chi connectivity index (χ2n) is 6.98. The van der Waals surface area contributed by atoms with Crippen molar-refractivity contribution in [2.45, 2.75) is 59.1 Å². The summed E-state index contributed by atoms with van der Waals surface area (Å²) in [6, 6.07) is 0. The van der Waals surface area contributed by atoms with Crippen LogP contribution in [0.25, 0.3) is 0 Å². The summed E-state index contributed by atoms with van der Waals surface area (Å²) in [5.41, 5.74) is 0.739. The monoisotopic (exact) mass is 293 g/mol. The highest BCUT2D eigenvalue weighted by molar-refractivity contribution is 5.68. The van der Waals surface area contributed by atoms with E-state index in [0.29, 0.717) is 5.92 Å². The molecule has 1 aliphatic heterocycles. The second-order valence-corrected chi connectivity index (χ2v) is 6.98. The van der Waals surface area contributed by atoms with Crippen molar-refractivity contribution in [2.75, 3.05) is 13.1 Å². The molecule has 0 bridgehead atoms. The maximum atomic E-state index is 12.3. The Morgan fingerprint density at radius 2 is 2.19 bits per heavy atom. The number of aryl methyl sites for hydroxylation is 1. The van der Waals surface area contributed by atoms with E-state index in [1.807, 2.05) is 38.2 Å². The predicted octanol–water partition coefficient (Wildman–Crippen LogP) is 3.23. The molecule has 1 unspecified atom stereocenters. The molecule has 2 heterocycles. The van der Waals surface area contributed by atoms with Crippen LogP contribution in [-0.4, -0.2) is 39.2 Å². The fourth-order valence-electron chi connectivity index (χ4n) is 2.73. The Labute approximate surface area is 127 Å². The van der Waals surface area contributed by atoms with Gasteiger partial charge in [-0.3, -0.25) is 0 Å². The number of hydrogen-bond donors (Lipinski definition) is 0. The van der Waals surface area contributed by atoms with E-state index in [4.69, 9.17) is 4.74 Å². The molecule has 21 heavy (non-hydrogen) atoms. The minimum Gasteiger partial charge on any atom is -0.444 e. The third-order valence-corrected chi connectivity index (χ3v) is 3.80. The van der Waals surface area contributed by atoms with E-state index in [1.54, 1.807) is 0 Å². The lowest BCUT2D eigenvalue weighted by atomic mass is 10.0. The van der Waals surface area contributed by atoms with Gasteiger partial charge in [0.1, 0.15) is 5.60 Å². The summed E-state index contributed by atoms with van der Waals surface area (Å²) in [4.78, 5) is 18.3. The van der Waals surface area contributed by atoms with E-state index < -0.39 is 5.60 Å². The first-order chi connectivity index (χ1) is 9.85. The van der Waals surface area contributed by atoms with E-state index in [2.05, 4.69) is 16.5 Å². The van der Waals surface area contributed by atoms with Crippen LogP contribution in [0, 0.1) is 12.8 Å². The van der Waals surface area contributed by atoms with Crippen molar-refractivity contribution in [2.24, 2.45) is 5.92 Å². The van der Waals surface area contributed by atoms with E-state index in [-0.39, 0.29) is 6.09 Å². The number of carbonyl (C=O) groups excluding carboxylic acids is 1. The maximum Gasteiger partial charge on any atom is 0.410 e. The molecule has 5 nitrogen and oxygen atoms in total. The molecule has 0 aliphatic carbocycles. The van der Waals surface area contributed by atoms with Gasteiger partial charge in [0.05, 0.1) is 6.33 Å². The fourth-order valence-corrected chi connectivity index (χ4v) is 2.73. The smallest absolute Gasteiger partial charge is 0.410 e. The van der Waals surface area contributed by atoms with Gasteiger partial charge in [-0.15, -0.1) is 0 Å². The van der Waals surface area contributed by atoms with Crippen LogP contribution in [0.4, 0.5) is 4.79 Å². The number of amides is 1. The van der Waals surface area contributed by atoms with Gasteiger partial charge in [0, 0.05) is 31.5 Å². The average Bonchev–Trinajstić information content (AvgIpc) is 2.63. The highest BCUT2D eigenvalue weighted by Crippen LogP contribution is 2.21. The van der Waals surface area contributed by atoms with Gasteiger partial charge in [-0.25, -0.2) is 9.78 Å². The van der Waals surface area contributed by atoms with Crippen LogP contribution in [0.3, 0.4) is 0 Å². The third kappa shape index (κ3) is 4.76. The van der Waals surface area contributed by atoms with Crippen molar-refractivity contribution in [3.8, 4) is 0 Å². The molecule has 1 aromatic heterocycles. The molecule has 5 heteroatoms. The molecule has 0 saturated carbocycles. The predicted molar refractivity (Wildman–Crippen MR) is 82.1 cm³/mol. The molecule has 1 saturated heterocycles. The number of aromatic nitrogens is 2. The number of ether oxygens (including phenoxy) is 1. The van der Waals surface area contributed by atoms with Gasteiger partial charge in [-0.1, -0.05) is 6.42 Å². The van der Waals surface area contributed by atoms with E-state index in [0.717, 1.165) is 38.9 Å². The van der Waals surface area contributed by atoms with Crippen LogP contribution >= 0.6 is 0 Å². The molecular formula is C16H27N3O2. The van der Waals surface area contributed by atoms with Crippen molar-refractivity contribution in [1.82, 2.24) is 14.5 Å². The zero-order valence-electron chi connectivity index (χ0n) is 13.6. The molecule has 0 radical (unpaired) electrons. The lowest BCUT2D eigenvalue weighted by Crippen LogP contribution is -2.39. The molecule has 0 N–H and O–H groups in total. The Morgan fingerprint density at radius 1 is 1.43 bits per heavy atom. The first-order valence-electron chi connectivity index (χ1n) is 7.80. The zero-order valence-corrected chi connectivity index (χ0v) is 13.6. The number of nitrogens with zero attached hydrogens (tertiary/aromatic N) is 3. The molecule has 0 aromatic carbocycles. The van der Waals surface area contributed by atoms with Crippen LogP contribution in [0.15, 0.2) is 12.5 Å². The quantitative estimate of drug-likeness (QED) is 0.841. The highest BCUT2D eigenvalue weighted by atomic mass is 16.6. The molecule has 2 rings (SSSR count). The minimum atomic E-state index is -0.431. The normalized spacial score (nSPS) is 20.2. The van der Waals surface area contributed by atoms with Crippen LogP contribution in [0.2, 0.25) is 0 Å². The van der Waals surface area contributed by atoms with E-state index >= 15 is 0 Å². The molecule has 1 fully saturated rings. The van der Waals surface area contributed by atoms with Crippen molar-refractivity contribution in [3.63, 3.8) is 0 Å². The highest BCUT2D eigenvalue weighted by Gasteiger charge is 2.26. The number of hydrogen-bond acceptors (Lipinski definition) is 3. The Bertz CT molecular complexity index is 476. The van der Waals surface area contributed by atoms with E-state index in [9.17, 15) is 4.79 Å². The fraction of sp³-hybridized carbons (Fsp3) is 0.750. The molecule has 1 aromatic rings. The van der Waals surface area contributed by atoms with Gasteiger partial charge in [0.2, 0.25) is 0 Å². The van der Waals surface area contributed by atoms with Crippen molar-refractivity contribution < 1.29 is 9.53 Å². The SMILES string of the molecule is Cc1cncn1CC1CCCCN(C(=O)OC(C)(C)C)C1. The first-order valence-corrected chi connectivity index (χ1v) is 7.80. The molecular weight excluding hydrogens is 266 g/mol. The second kappa shape index (κ2) is 6.50. The molecule has 1 amide bonds. The van der Waals surface area contributed by atoms with Crippen LogP contribution < -0.4 is 0 Å². The number of carbonyl (C=O) groups is 1. The van der Waals surface area contributed by atoms with Crippen molar-refractivity contribution >= 4 is 6.09 Å². The molecule has 118 valence electrons. The molecule has 1 aliphatic rings. The lowest BCUT2D eigenvalue weighted by Gasteiger charge is -2.28. The lowest BCUT2D eigenvalue weighted by molar-refractivity contribution is 0.0230. The summed E-state index contributed by atoms with van der Waals surface area (Å²) in [7, 11) is 0. The van der Waals surface area contributed by atoms with Gasteiger partial charge in [0.15, 0.2) is 0 Å². The topological polar surface area (TPSA) is 47.4 Å². The van der Waals surface area contributed by atoms with Gasteiger partial charge >= 0.3 is 6.09 Å². The van der Waals surface area contributed by atoms with Gasteiger partial charge in [0.25, 0.3) is 0 Å². The Balaban J connectivity index is 1.98. The Morgan fingerprint density at radius 3 is 2.81 bits per heavy atom. The number of rotatable bonds is 2. The summed E-state index contributed by atoms with van der Waals surface area (Å²) in [5, 5.41) is 0. The summed E-state index contributed by atoms with van der Waals surface area (Å²) in [6.45, 7) is 10.3. The van der Waals surface area contributed by atoms with E-state index in [1.165, 1.54) is 5.69 Å². The van der Waals surface area contributed by atoms with Crippen LogP contribution in [0.1, 0.15) is 45.7 Å². The minimum absolute atomic E-state index is 0.184. The summed E-state index contributed by atoms with van der Waals surface area (Å²) < 4.78 is 7.68. The van der Waals surface area contributed by atoms with Crippen LogP contribution in [0.5, 0.6) is 0 Å². The van der Waals surface area contributed by atoms with Gasteiger partial charge in [-0.05, 0) is 46.5 Å². The van der Waals surface area contributed by atoms with Crippen molar-refractivity contribution in [3.05, 3.63) is 18.2 Å². The largest absolute Gasteiger partial charge is 0.444 e.